The lowest BCUT2D eigenvalue weighted by Crippen LogP contribution is -2.18. The van der Waals surface area contributed by atoms with Gasteiger partial charge < -0.3 is 9.55 Å². The Morgan fingerprint density at radius 3 is 2.52 bits per heavy atom. The highest BCUT2D eigenvalue weighted by molar-refractivity contribution is 5.92. The molecule has 1 aromatic carbocycles. The van der Waals surface area contributed by atoms with Crippen molar-refractivity contribution in [1.29, 1.82) is 0 Å². The monoisotopic (exact) mass is 362 g/mol. The van der Waals surface area contributed by atoms with Crippen LogP contribution in [0.2, 0.25) is 0 Å². The zero-order valence-corrected chi connectivity index (χ0v) is 16.9. The summed E-state index contributed by atoms with van der Waals surface area (Å²) < 4.78 is 1.69. The van der Waals surface area contributed by atoms with E-state index in [9.17, 15) is 4.79 Å². The van der Waals surface area contributed by atoms with Crippen molar-refractivity contribution in [3.8, 4) is 11.3 Å². The molecule has 0 unspecified atom stereocenters. The average molecular weight is 363 g/mol. The van der Waals surface area contributed by atoms with Crippen LogP contribution in [0.4, 0.5) is 0 Å². The van der Waals surface area contributed by atoms with Gasteiger partial charge in [0.05, 0.1) is 5.69 Å². The number of rotatable bonds is 3. The van der Waals surface area contributed by atoms with Gasteiger partial charge in [0.25, 0.3) is 5.56 Å². The van der Waals surface area contributed by atoms with E-state index < -0.39 is 0 Å². The van der Waals surface area contributed by atoms with Crippen LogP contribution in [-0.4, -0.2) is 9.55 Å². The highest BCUT2D eigenvalue weighted by Gasteiger charge is 2.20. The molecule has 0 radical (unpaired) electrons. The molecule has 0 atom stereocenters. The first-order valence-corrected chi connectivity index (χ1v) is 10.3. The normalized spacial score (nSPS) is 15.7. The van der Waals surface area contributed by atoms with Crippen molar-refractivity contribution >= 4 is 10.9 Å². The third kappa shape index (κ3) is 3.24. The first-order chi connectivity index (χ1) is 13.0. The van der Waals surface area contributed by atoms with Crippen LogP contribution >= 0.6 is 0 Å². The van der Waals surface area contributed by atoms with Gasteiger partial charge in [-0.05, 0) is 60.9 Å². The fourth-order valence-corrected chi connectivity index (χ4v) is 4.76. The van der Waals surface area contributed by atoms with Crippen molar-refractivity contribution in [2.45, 2.75) is 64.7 Å². The smallest absolute Gasteiger partial charge is 0.253 e. The zero-order chi connectivity index (χ0) is 19.1. The number of fused-ring (bicyclic) bond motifs is 1. The lowest BCUT2D eigenvalue weighted by Gasteiger charge is -2.22. The summed E-state index contributed by atoms with van der Waals surface area (Å²) in [5.74, 6) is 1.12. The maximum Gasteiger partial charge on any atom is 0.253 e. The summed E-state index contributed by atoms with van der Waals surface area (Å²) in [5.41, 5.74) is 7.15. The van der Waals surface area contributed by atoms with E-state index in [1.165, 1.54) is 54.1 Å². The number of aromatic nitrogens is 2. The SMILES string of the molecule is Cc1cc(-c2[nH]c3ccc(C4CCCCC4)cc3c2C(C)C)cn(C)c1=O. The Labute approximate surface area is 161 Å². The molecule has 0 aliphatic heterocycles. The molecule has 0 bridgehead atoms. The molecular weight excluding hydrogens is 332 g/mol. The molecule has 0 spiro atoms. The lowest BCUT2D eigenvalue weighted by molar-refractivity contribution is 0.444. The minimum absolute atomic E-state index is 0.0699. The molecule has 1 saturated carbocycles. The minimum Gasteiger partial charge on any atom is -0.354 e. The van der Waals surface area contributed by atoms with Gasteiger partial charge >= 0.3 is 0 Å². The summed E-state index contributed by atoms with van der Waals surface area (Å²) >= 11 is 0. The molecule has 0 amide bonds. The highest BCUT2D eigenvalue weighted by atomic mass is 16.1. The maximum atomic E-state index is 12.1. The quantitative estimate of drug-likeness (QED) is 0.608. The molecule has 0 saturated heterocycles. The molecule has 3 aromatic rings. The molecule has 1 fully saturated rings. The number of hydrogen-bond donors (Lipinski definition) is 1. The van der Waals surface area contributed by atoms with E-state index in [4.69, 9.17) is 0 Å². The average Bonchev–Trinajstić information content (AvgIpc) is 3.05. The maximum absolute atomic E-state index is 12.1. The Hall–Kier alpha value is -2.29. The van der Waals surface area contributed by atoms with Crippen molar-refractivity contribution < 1.29 is 0 Å². The first kappa shape index (κ1) is 18.1. The third-order valence-corrected chi connectivity index (χ3v) is 6.17. The Balaban J connectivity index is 1.88. The van der Waals surface area contributed by atoms with Crippen LogP contribution < -0.4 is 5.56 Å². The number of aryl methyl sites for hydroxylation is 2. The fourth-order valence-electron chi connectivity index (χ4n) is 4.76. The van der Waals surface area contributed by atoms with Crippen LogP contribution in [0, 0.1) is 6.92 Å². The Kier molecular flexibility index (Phi) is 4.71. The van der Waals surface area contributed by atoms with Crippen LogP contribution in [0.25, 0.3) is 22.2 Å². The van der Waals surface area contributed by atoms with Gasteiger partial charge in [0, 0.05) is 35.3 Å². The number of nitrogens with zero attached hydrogens (tertiary/aromatic N) is 1. The molecule has 27 heavy (non-hydrogen) atoms. The summed E-state index contributed by atoms with van der Waals surface area (Å²) in [6, 6.07) is 9.01. The van der Waals surface area contributed by atoms with Gasteiger partial charge in [-0.1, -0.05) is 39.2 Å². The number of nitrogens with one attached hydrogen (secondary N) is 1. The Morgan fingerprint density at radius 1 is 1.11 bits per heavy atom. The second kappa shape index (κ2) is 7.03. The van der Waals surface area contributed by atoms with Gasteiger partial charge in [0.2, 0.25) is 0 Å². The Bertz CT molecular complexity index is 1010. The van der Waals surface area contributed by atoms with E-state index >= 15 is 0 Å². The number of benzene rings is 1. The topological polar surface area (TPSA) is 37.8 Å². The van der Waals surface area contributed by atoms with Crippen molar-refractivity contribution in [1.82, 2.24) is 9.55 Å². The van der Waals surface area contributed by atoms with Crippen LogP contribution in [0.15, 0.2) is 35.3 Å². The molecule has 3 heteroatoms. The fraction of sp³-hybridized carbons (Fsp3) is 0.458. The summed E-state index contributed by atoms with van der Waals surface area (Å²) in [6.45, 7) is 6.41. The standard InChI is InChI=1S/C24H30N2O/c1-15(2)22-20-13-18(17-8-6-5-7-9-17)10-11-21(20)25-23(22)19-12-16(3)24(27)26(4)14-19/h10-15,17,25H,5-9H2,1-4H3. The molecule has 2 heterocycles. The van der Waals surface area contributed by atoms with Crippen molar-refractivity contribution in [2.75, 3.05) is 0 Å². The first-order valence-electron chi connectivity index (χ1n) is 10.3. The zero-order valence-electron chi connectivity index (χ0n) is 16.9. The van der Waals surface area contributed by atoms with E-state index in [1.807, 2.05) is 26.2 Å². The number of aromatic amines is 1. The highest BCUT2D eigenvalue weighted by Crippen LogP contribution is 2.39. The molecule has 3 nitrogen and oxygen atoms in total. The Morgan fingerprint density at radius 2 is 1.85 bits per heavy atom. The second-order valence-corrected chi connectivity index (χ2v) is 8.54. The molecule has 1 N–H and O–H groups in total. The van der Waals surface area contributed by atoms with Crippen LogP contribution in [0.1, 0.15) is 74.5 Å². The van der Waals surface area contributed by atoms with Gasteiger partial charge in [-0.25, -0.2) is 0 Å². The largest absolute Gasteiger partial charge is 0.354 e. The second-order valence-electron chi connectivity index (χ2n) is 8.54. The summed E-state index contributed by atoms with van der Waals surface area (Å²) in [5, 5.41) is 1.34. The predicted molar refractivity (Wildman–Crippen MR) is 114 cm³/mol. The van der Waals surface area contributed by atoms with E-state index in [1.54, 1.807) is 4.57 Å². The van der Waals surface area contributed by atoms with Crippen LogP contribution in [0.3, 0.4) is 0 Å². The van der Waals surface area contributed by atoms with E-state index in [0.29, 0.717) is 11.8 Å². The molecule has 1 aliphatic carbocycles. The molecule has 142 valence electrons. The minimum atomic E-state index is 0.0699. The van der Waals surface area contributed by atoms with Gasteiger partial charge in [-0.3, -0.25) is 4.79 Å². The molecule has 2 aromatic heterocycles. The summed E-state index contributed by atoms with van der Waals surface area (Å²) in [7, 11) is 1.83. The molecule has 1 aliphatic rings. The summed E-state index contributed by atoms with van der Waals surface area (Å²) in [4.78, 5) is 15.8. The lowest BCUT2D eigenvalue weighted by atomic mass is 9.83. The van der Waals surface area contributed by atoms with Crippen molar-refractivity contribution in [2.24, 2.45) is 7.05 Å². The third-order valence-electron chi connectivity index (χ3n) is 6.17. The number of hydrogen-bond acceptors (Lipinski definition) is 1. The van der Waals surface area contributed by atoms with Crippen molar-refractivity contribution in [3.63, 3.8) is 0 Å². The van der Waals surface area contributed by atoms with Gasteiger partial charge in [0.1, 0.15) is 0 Å². The summed E-state index contributed by atoms with van der Waals surface area (Å²) in [6.07, 6.45) is 8.69. The van der Waals surface area contributed by atoms with E-state index in [-0.39, 0.29) is 5.56 Å². The number of H-pyrrole nitrogens is 1. The van der Waals surface area contributed by atoms with Gasteiger partial charge in [-0.2, -0.15) is 0 Å². The molecule has 4 rings (SSSR count). The van der Waals surface area contributed by atoms with E-state index in [0.717, 1.165) is 16.8 Å². The van der Waals surface area contributed by atoms with Gasteiger partial charge in [-0.15, -0.1) is 0 Å². The van der Waals surface area contributed by atoms with E-state index in [2.05, 4.69) is 37.0 Å². The number of pyridine rings is 1. The van der Waals surface area contributed by atoms with Gasteiger partial charge in [0.15, 0.2) is 0 Å². The predicted octanol–water partition coefficient (Wildman–Crippen LogP) is 6.01. The van der Waals surface area contributed by atoms with Crippen LogP contribution in [0.5, 0.6) is 0 Å². The van der Waals surface area contributed by atoms with Crippen molar-refractivity contribution in [3.05, 3.63) is 57.5 Å². The van der Waals surface area contributed by atoms with Crippen LogP contribution in [-0.2, 0) is 7.05 Å². The molecular formula is C24H30N2O.